The summed E-state index contributed by atoms with van der Waals surface area (Å²) in [6.07, 6.45) is 1.98. The Morgan fingerprint density at radius 2 is 1.78 bits per heavy atom. The second-order valence-corrected chi connectivity index (χ2v) is 1.82. The van der Waals surface area contributed by atoms with E-state index in [9.17, 15) is 0 Å². The summed E-state index contributed by atoms with van der Waals surface area (Å²) in [6.45, 7) is 6.37. The highest BCUT2D eigenvalue weighted by Crippen LogP contribution is 1.88. The van der Waals surface area contributed by atoms with E-state index in [-0.39, 0.29) is 12.4 Å². The van der Waals surface area contributed by atoms with Crippen LogP contribution in [0.5, 0.6) is 0 Å². The highest BCUT2D eigenvalue weighted by molar-refractivity contribution is 7.83. The minimum absolute atomic E-state index is 0. The molecule has 0 bridgehead atoms. The first kappa shape index (κ1) is 11.9. The molecule has 0 rings (SSSR count). The molecule has 0 aliphatic rings. The summed E-state index contributed by atoms with van der Waals surface area (Å²) in [5.41, 5.74) is 0. The predicted molar refractivity (Wildman–Crippen MR) is 48.3 cm³/mol. The van der Waals surface area contributed by atoms with Crippen LogP contribution >= 0.6 is 25.0 Å². The average molecular weight is 168 g/mol. The Morgan fingerprint density at radius 3 is 1.89 bits per heavy atom. The molecule has 0 N–H and O–H groups in total. The van der Waals surface area contributed by atoms with E-state index in [1.807, 2.05) is 6.20 Å². The lowest BCUT2D eigenvalue weighted by Gasteiger charge is -2.13. The van der Waals surface area contributed by atoms with E-state index in [4.69, 9.17) is 0 Å². The monoisotopic (exact) mass is 167 g/mol. The Kier molecular flexibility index (Phi) is 10.8. The normalized spacial score (nSPS) is 9.22. The maximum absolute atomic E-state index is 3.95. The van der Waals surface area contributed by atoms with E-state index in [0.29, 0.717) is 0 Å². The van der Waals surface area contributed by atoms with Gasteiger partial charge in [0.15, 0.2) is 0 Å². The topological polar surface area (TPSA) is 3.24 Å². The molecule has 0 spiro atoms. The van der Waals surface area contributed by atoms with Crippen LogP contribution in [0.15, 0.2) is 11.6 Å². The van der Waals surface area contributed by atoms with Gasteiger partial charge in [-0.15, -0.1) is 25.0 Å². The van der Waals surface area contributed by atoms with Crippen molar-refractivity contribution in [3.63, 3.8) is 0 Å². The van der Waals surface area contributed by atoms with Gasteiger partial charge in [-0.1, -0.05) is 0 Å². The molecule has 1 nitrogen and oxygen atoms in total. The van der Waals surface area contributed by atoms with Crippen molar-refractivity contribution in [3.05, 3.63) is 11.6 Å². The van der Waals surface area contributed by atoms with Crippen LogP contribution in [-0.4, -0.2) is 18.0 Å². The number of nitrogens with zero attached hydrogens (tertiary/aromatic N) is 1. The zero-order chi connectivity index (χ0) is 6.41. The first-order valence-electron chi connectivity index (χ1n) is 2.90. The highest BCUT2D eigenvalue weighted by atomic mass is 35.5. The molecule has 0 aliphatic carbocycles. The zero-order valence-electron chi connectivity index (χ0n) is 5.87. The van der Waals surface area contributed by atoms with Crippen molar-refractivity contribution in [2.45, 2.75) is 13.8 Å². The molecular formula is C6H14ClNS. The largest absolute Gasteiger partial charge is 0.378 e. The number of rotatable bonds is 3. The molecule has 3 heteroatoms. The second kappa shape index (κ2) is 8.18. The van der Waals surface area contributed by atoms with Crippen LogP contribution in [0, 0.1) is 0 Å². The standard InChI is InChI=1S/C6H13NS.ClH/c1-3-7(4-2)5-6-8;/h5-6,8H,3-4H2,1-2H3;1H/b6-5+;. The first-order valence-corrected chi connectivity index (χ1v) is 3.41. The Hall–Kier alpha value is 0.180. The first-order chi connectivity index (χ1) is 3.85. The van der Waals surface area contributed by atoms with Gasteiger partial charge in [0.25, 0.3) is 0 Å². The van der Waals surface area contributed by atoms with E-state index in [2.05, 4.69) is 31.4 Å². The fraction of sp³-hybridized carbons (Fsp3) is 0.667. The number of hydrogen-bond acceptors (Lipinski definition) is 2. The van der Waals surface area contributed by atoms with Gasteiger partial charge in [0.05, 0.1) is 0 Å². The number of thiol groups is 1. The molecule has 0 saturated heterocycles. The van der Waals surface area contributed by atoms with E-state index < -0.39 is 0 Å². The van der Waals surface area contributed by atoms with Gasteiger partial charge in [-0.2, -0.15) is 0 Å². The molecule has 9 heavy (non-hydrogen) atoms. The molecule has 0 radical (unpaired) electrons. The zero-order valence-corrected chi connectivity index (χ0v) is 7.58. The minimum Gasteiger partial charge on any atom is -0.378 e. The van der Waals surface area contributed by atoms with Gasteiger partial charge in [-0.05, 0) is 19.3 Å². The summed E-state index contributed by atoms with van der Waals surface area (Å²) in [4.78, 5) is 2.17. The van der Waals surface area contributed by atoms with Crippen molar-refractivity contribution >= 4 is 25.0 Å². The quantitative estimate of drug-likeness (QED) is 0.631. The summed E-state index contributed by atoms with van der Waals surface area (Å²) >= 11 is 3.95. The van der Waals surface area contributed by atoms with Crippen LogP contribution in [0.3, 0.4) is 0 Å². The molecule has 0 atom stereocenters. The van der Waals surface area contributed by atoms with Crippen LogP contribution in [0.2, 0.25) is 0 Å². The van der Waals surface area contributed by atoms with Crippen molar-refractivity contribution in [2.75, 3.05) is 13.1 Å². The van der Waals surface area contributed by atoms with Crippen LogP contribution in [0.1, 0.15) is 13.8 Å². The lowest BCUT2D eigenvalue weighted by Crippen LogP contribution is -2.14. The van der Waals surface area contributed by atoms with Gasteiger partial charge < -0.3 is 4.90 Å². The van der Waals surface area contributed by atoms with Crippen molar-refractivity contribution in [2.24, 2.45) is 0 Å². The molecule has 0 aliphatic heterocycles. The van der Waals surface area contributed by atoms with E-state index >= 15 is 0 Å². The molecule has 0 heterocycles. The van der Waals surface area contributed by atoms with Crippen LogP contribution in [0.25, 0.3) is 0 Å². The minimum atomic E-state index is 0. The van der Waals surface area contributed by atoms with E-state index in [1.54, 1.807) is 5.41 Å². The van der Waals surface area contributed by atoms with Crippen LogP contribution < -0.4 is 0 Å². The smallest absolute Gasteiger partial charge is 0.0144 e. The Bertz CT molecular complexity index is 71.5. The molecule has 0 amide bonds. The molecular weight excluding hydrogens is 154 g/mol. The van der Waals surface area contributed by atoms with Crippen molar-refractivity contribution < 1.29 is 0 Å². The van der Waals surface area contributed by atoms with E-state index in [0.717, 1.165) is 13.1 Å². The van der Waals surface area contributed by atoms with Crippen LogP contribution in [0.4, 0.5) is 0 Å². The number of hydrogen-bond donors (Lipinski definition) is 1. The fourth-order valence-corrected chi connectivity index (χ4v) is 0.717. The molecule has 0 aromatic carbocycles. The molecule has 0 aromatic rings. The summed E-state index contributed by atoms with van der Waals surface area (Å²) in [5, 5.41) is 1.76. The number of halogens is 1. The fourth-order valence-electron chi connectivity index (χ4n) is 0.529. The summed E-state index contributed by atoms with van der Waals surface area (Å²) in [7, 11) is 0. The third-order valence-corrected chi connectivity index (χ3v) is 1.22. The van der Waals surface area contributed by atoms with Crippen molar-refractivity contribution in [1.82, 2.24) is 4.90 Å². The summed E-state index contributed by atoms with van der Waals surface area (Å²) in [6, 6.07) is 0. The Labute approximate surface area is 68.9 Å². The van der Waals surface area contributed by atoms with Gasteiger partial charge in [0, 0.05) is 19.3 Å². The maximum atomic E-state index is 3.95. The summed E-state index contributed by atoms with van der Waals surface area (Å²) in [5.74, 6) is 0. The molecule has 56 valence electrons. The Balaban J connectivity index is 0. The molecule has 0 saturated carbocycles. The Morgan fingerprint density at radius 1 is 1.33 bits per heavy atom. The SMILES string of the molecule is CCN(/C=C/S)CC.Cl. The second-order valence-electron chi connectivity index (χ2n) is 1.52. The predicted octanol–water partition coefficient (Wildman–Crippen LogP) is 2.15. The van der Waals surface area contributed by atoms with Crippen molar-refractivity contribution in [3.8, 4) is 0 Å². The van der Waals surface area contributed by atoms with E-state index in [1.165, 1.54) is 0 Å². The third-order valence-electron chi connectivity index (χ3n) is 1.09. The van der Waals surface area contributed by atoms with Gasteiger partial charge >= 0.3 is 0 Å². The average Bonchev–Trinajstić information content (AvgIpc) is 1.83. The molecule has 0 aromatic heterocycles. The van der Waals surface area contributed by atoms with Gasteiger partial charge in [0.2, 0.25) is 0 Å². The highest BCUT2D eigenvalue weighted by Gasteiger charge is 1.85. The maximum Gasteiger partial charge on any atom is 0.0144 e. The third kappa shape index (κ3) is 6.06. The van der Waals surface area contributed by atoms with Crippen molar-refractivity contribution in [1.29, 1.82) is 0 Å². The molecule has 0 unspecified atom stereocenters. The van der Waals surface area contributed by atoms with Crippen LogP contribution in [-0.2, 0) is 0 Å². The summed E-state index contributed by atoms with van der Waals surface area (Å²) < 4.78 is 0. The lowest BCUT2D eigenvalue weighted by molar-refractivity contribution is 0.420. The van der Waals surface area contributed by atoms with Gasteiger partial charge in [0.1, 0.15) is 0 Å². The van der Waals surface area contributed by atoms with Gasteiger partial charge in [-0.25, -0.2) is 0 Å². The van der Waals surface area contributed by atoms with Gasteiger partial charge in [-0.3, -0.25) is 0 Å². The lowest BCUT2D eigenvalue weighted by atomic mass is 10.5. The molecule has 0 fully saturated rings.